The fraction of sp³-hybridized carbons (Fsp3) is 0. The zero-order valence-corrected chi connectivity index (χ0v) is 27.7. The first kappa shape index (κ1) is 26.6. The number of rotatable bonds is 3. The Morgan fingerprint density at radius 1 is 0.340 bits per heavy atom. The Bertz CT molecular complexity index is 3290. The van der Waals surface area contributed by atoms with Gasteiger partial charge in [-0.05, 0) is 77.5 Å². The number of aromatic nitrogens is 2. The molecule has 0 saturated carbocycles. The first-order chi connectivity index (χ1) is 24.8. The van der Waals surface area contributed by atoms with E-state index in [0.717, 1.165) is 17.1 Å². The van der Waals surface area contributed by atoms with E-state index in [2.05, 4.69) is 177 Å². The Balaban J connectivity index is 1.24. The second-order valence-corrected chi connectivity index (χ2v) is 14.4. The molecular formula is C46H27N3S. The predicted octanol–water partition coefficient (Wildman–Crippen LogP) is 13.2. The SMILES string of the molecule is c1ccc(N(c2ccc3sc4ccccc4c3c2)c2ccc3c4c5ccccc5c5c6ccccc6n6c7ccccc7n(c3c2)c4c56)cc1. The second kappa shape index (κ2) is 9.63. The van der Waals surface area contributed by atoms with Crippen molar-refractivity contribution in [2.75, 3.05) is 4.90 Å². The van der Waals surface area contributed by atoms with Gasteiger partial charge in [0, 0.05) is 58.8 Å². The lowest BCUT2D eigenvalue weighted by Gasteiger charge is -2.26. The average molecular weight is 654 g/mol. The minimum Gasteiger partial charge on any atom is -0.310 e. The van der Waals surface area contributed by atoms with Gasteiger partial charge >= 0.3 is 0 Å². The Labute approximate surface area is 290 Å². The molecule has 0 fully saturated rings. The van der Waals surface area contributed by atoms with Crippen LogP contribution in [0.15, 0.2) is 164 Å². The summed E-state index contributed by atoms with van der Waals surface area (Å²) in [5.41, 5.74) is 10.8. The molecule has 12 rings (SSSR count). The second-order valence-electron chi connectivity index (χ2n) is 13.3. The molecule has 0 aliphatic carbocycles. The molecule has 4 aromatic heterocycles. The van der Waals surface area contributed by atoms with E-state index in [-0.39, 0.29) is 0 Å². The molecule has 0 aliphatic heterocycles. The van der Waals surface area contributed by atoms with Crippen LogP contribution in [0.3, 0.4) is 0 Å². The van der Waals surface area contributed by atoms with Crippen molar-refractivity contribution in [1.82, 2.24) is 8.80 Å². The van der Waals surface area contributed by atoms with Crippen LogP contribution in [0.4, 0.5) is 17.1 Å². The average Bonchev–Trinajstić information content (AvgIpc) is 3.84. The van der Waals surface area contributed by atoms with Gasteiger partial charge in [0.05, 0.1) is 33.1 Å². The molecule has 0 atom stereocenters. The first-order valence-corrected chi connectivity index (χ1v) is 17.9. The van der Waals surface area contributed by atoms with Gasteiger partial charge < -0.3 is 13.7 Å². The maximum Gasteiger partial charge on any atom is 0.0796 e. The summed E-state index contributed by atoms with van der Waals surface area (Å²) in [6.07, 6.45) is 0. The summed E-state index contributed by atoms with van der Waals surface area (Å²) in [5.74, 6) is 0. The summed E-state index contributed by atoms with van der Waals surface area (Å²) in [6.45, 7) is 0. The van der Waals surface area contributed by atoms with E-state index >= 15 is 0 Å². The molecule has 0 N–H and O–H groups in total. The molecule has 0 aliphatic rings. The smallest absolute Gasteiger partial charge is 0.0796 e. The Morgan fingerprint density at radius 2 is 0.860 bits per heavy atom. The molecule has 8 aromatic carbocycles. The van der Waals surface area contributed by atoms with E-state index in [1.807, 2.05) is 11.3 Å². The first-order valence-electron chi connectivity index (χ1n) is 17.1. The van der Waals surface area contributed by atoms with Crippen molar-refractivity contribution in [3.05, 3.63) is 164 Å². The quantitative estimate of drug-likeness (QED) is 0.173. The fourth-order valence-electron chi connectivity index (χ4n) is 8.79. The van der Waals surface area contributed by atoms with Gasteiger partial charge in [-0.25, -0.2) is 0 Å². The largest absolute Gasteiger partial charge is 0.310 e. The van der Waals surface area contributed by atoms with Gasteiger partial charge in [0.15, 0.2) is 0 Å². The number of hydrogen-bond acceptors (Lipinski definition) is 2. The van der Waals surface area contributed by atoms with Crippen LogP contribution < -0.4 is 4.90 Å². The zero-order chi connectivity index (χ0) is 32.5. The molecule has 3 nitrogen and oxygen atoms in total. The minimum atomic E-state index is 1.13. The molecule has 50 heavy (non-hydrogen) atoms. The molecule has 0 spiro atoms. The number of hydrogen-bond donors (Lipinski definition) is 0. The molecule has 12 aromatic rings. The summed E-state index contributed by atoms with van der Waals surface area (Å²) < 4.78 is 7.67. The van der Waals surface area contributed by atoms with Crippen molar-refractivity contribution >= 4 is 114 Å². The molecule has 0 radical (unpaired) electrons. The summed E-state index contributed by atoms with van der Waals surface area (Å²) >= 11 is 1.86. The number of thiophene rings is 1. The minimum absolute atomic E-state index is 1.13. The zero-order valence-electron chi connectivity index (χ0n) is 26.8. The summed E-state index contributed by atoms with van der Waals surface area (Å²) in [5, 5.41) is 10.4. The van der Waals surface area contributed by atoms with Gasteiger partial charge in [-0.15, -0.1) is 11.3 Å². The van der Waals surface area contributed by atoms with Gasteiger partial charge in [0.2, 0.25) is 0 Å². The highest BCUT2D eigenvalue weighted by Crippen LogP contribution is 2.48. The van der Waals surface area contributed by atoms with Gasteiger partial charge in [-0.3, -0.25) is 0 Å². The van der Waals surface area contributed by atoms with Crippen LogP contribution in [0.5, 0.6) is 0 Å². The van der Waals surface area contributed by atoms with E-state index in [9.17, 15) is 0 Å². The number of nitrogens with zero attached hydrogens (tertiary/aromatic N) is 3. The third kappa shape index (κ3) is 3.33. The third-order valence-electron chi connectivity index (χ3n) is 10.8. The lowest BCUT2D eigenvalue weighted by Crippen LogP contribution is -2.09. The molecular weight excluding hydrogens is 627 g/mol. The Morgan fingerprint density at radius 3 is 1.60 bits per heavy atom. The molecule has 0 unspecified atom stereocenters. The fourth-order valence-corrected chi connectivity index (χ4v) is 9.87. The summed E-state index contributed by atoms with van der Waals surface area (Å²) in [7, 11) is 0. The van der Waals surface area contributed by atoms with Crippen LogP contribution in [0.1, 0.15) is 0 Å². The van der Waals surface area contributed by atoms with Gasteiger partial charge in [0.1, 0.15) is 0 Å². The van der Waals surface area contributed by atoms with Crippen LogP contribution in [0, 0.1) is 0 Å². The number of fused-ring (bicyclic) bond motifs is 15. The van der Waals surface area contributed by atoms with E-state index in [4.69, 9.17) is 0 Å². The summed E-state index contributed by atoms with van der Waals surface area (Å²) in [4.78, 5) is 2.41. The molecule has 0 saturated heterocycles. The van der Waals surface area contributed by atoms with E-state index in [1.54, 1.807) is 0 Å². The van der Waals surface area contributed by atoms with Crippen molar-refractivity contribution in [1.29, 1.82) is 0 Å². The van der Waals surface area contributed by atoms with Crippen LogP contribution in [-0.2, 0) is 0 Å². The molecule has 4 heterocycles. The number of anilines is 3. The van der Waals surface area contributed by atoms with Crippen molar-refractivity contribution in [3.63, 3.8) is 0 Å². The molecule has 232 valence electrons. The van der Waals surface area contributed by atoms with Gasteiger partial charge in [-0.2, -0.15) is 0 Å². The topological polar surface area (TPSA) is 12.1 Å². The Hall–Kier alpha value is -6.36. The van der Waals surface area contributed by atoms with E-state index < -0.39 is 0 Å². The standard InChI is InChI=1S/C46H27N3S/c1-2-12-28(13-3-1)47(29-23-25-42-36(26-29)31-14-7-11-21-41(31)50-42)30-22-24-35-40(27-30)49-39-20-10-9-19-38(39)48-37-18-8-6-17-34(37)43-32-15-4-5-16-33(32)44(35)46(49)45(43)48/h1-27H. The highest BCUT2D eigenvalue weighted by Gasteiger charge is 2.25. The highest BCUT2D eigenvalue weighted by atomic mass is 32.1. The van der Waals surface area contributed by atoms with Crippen LogP contribution in [-0.4, -0.2) is 8.80 Å². The normalized spacial score (nSPS) is 12.4. The van der Waals surface area contributed by atoms with Gasteiger partial charge in [0.25, 0.3) is 0 Å². The predicted molar refractivity (Wildman–Crippen MR) is 215 cm³/mol. The van der Waals surface area contributed by atoms with E-state index in [0.29, 0.717) is 0 Å². The highest BCUT2D eigenvalue weighted by molar-refractivity contribution is 7.25. The van der Waals surface area contributed by atoms with Crippen LogP contribution >= 0.6 is 11.3 Å². The van der Waals surface area contributed by atoms with Crippen molar-refractivity contribution in [2.24, 2.45) is 0 Å². The molecule has 0 bridgehead atoms. The number of benzene rings is 8. The third-order valence-corrected chi connectivity index (χ3v) is 11.9. The maximum absolute atomic E-state index is 2.54. The number of para-hydroxylation sites is 4. The lowest BCUT2D eigenvalue weighted by molar-refractivity contribution is 1.25. The van der Waals surface area contributed by atoms with E-state index in [1.165, 1.54) is 85.6 Å². The molecule has 4 heteroatoms. The Kier molecular flexibility index (Phi) is 5.12. The monoisotopic (exact) mass is 653 g/mol. The maximum atomic E-state index is 2.54. The lowest BCUT2D eigenvalue weighted by atomic mass is 9.98. The van der Waals surface area contributed by atoms with Crippen molar-refractivity contribution < 1.29 is 0 Å². The summed E-state index contributed by atoms with van der Waals surface area (Å²) in [6, 6.07) is 60.3. The van der Waals surface area contributed by atoms with Crippen molar-refractivity contribution in [3.8, 4) is 0 Å². The van der Waals surface area contributed by atoms with Crippen molar-refractivity contribution in [2.45, 2.75) is 0 Å². The molecule has 0 amide bonds. The van der Waals surface area contributed by atoms with Crippen LogP contribution in [0.25, 0.3) is 85.6 Å². The van der Waals surface area contributed by atoms with Gasteiger partial charge in [-0.1, -0.05) is 97.1 Å². The van der Waals surface area contributed by atoms with Crippen LogP contribution in [0.2, 0.25) is 0 Å².